The number of sulfonamides is 1. The average molecular weight is 281 g/mol. The van der Waals surface area contributed by atoms with Gasteiger partial charge in [0.15, 0.2) is 0 Å². The molecule has 1 aromatic rings. The average Bonchev–Trinajstić information content (AvgIpc) is 2.18. The number of nitro groups is 1. The van der Waals surface area contributed by atoms with Crippen molar-refractivity contribution in [3.63, 3.8) is 0 Å². The molecule has 1 rings (SSSR count). The van der Waals surface area contributed by atoms with Crippen LogP contribution < -0.4 is 9.88 Å². The van der Waals surface area contributed by atoms with Crippen molar-refractivity contribution in [1.82, 2.24) is 0 Å². The number of hydrogen-bond acceptors (Lipinski definition) is 5. The zero-order valence-electron chi connectivity index (χ0n) is 8.50. The Labute approximate surface area is 102 Å². The number of nitrogens with two attached hydrogens (primary N) is 1. The van der Waals surface area contributed by atoms with Gasteiger partial charge in [-0.1, -0.05) is 11.6 Å². The number of hydrogen-bond donors (Lipinski definition) is 1. The van der Waals surface area contributed by atoms with Gasteiger partial charge in [0.05, 0.1) is 15.7 Å². The number of ether oxygens (including phenoxy) is 1. The molecule has 0 aliphatic rings. The molecule has 0 saturated heterocycles. The first-order valence-corrected chi connectivity index (χ1v) is 6.46. The molecule has 0 aliphatic carbocycles. The number of nitrogens with zero attached hydrogens (tertiary/aromatic N) is 1. The summed E-state index contributed by atoms with van der Waals surface area (Å²) in [6.07, 6.45) is 0. The lowest BCUT2D eigenvalue weighted by atomic mass is 10.3. The first-order chi connectivity index (χ1) is 7.79. The maximum Gasteiger partial charge on any atom is 0.271 e. The molecule has 1 aromatic carbocycles. The van der Waals surface area contributed by atoms with Crippen LogP contribution in [0.1, 0.15) is 0 Å². The minimum absolute atomic E-state index is 0.0358. The number of halogens is 1. The lowest BCUT2D eigenvalue weighted by Gasteiger charge is -2.06. The smallest absolute Gasteiger partial charge is 0.271 e. The van der Waals surface area contributed by atoms with Crippen molar-refractivity contribution in [3.05, 3.63) is 33.3 Å². The van der Waals surface area contributed by atoms with Crippen LogP contribution in [-0.2, 0) is 10.0 Å². The zero-order valence-corrected chi connectivity index (χ0v) is 10.1. The summed E-state index contributed by atoms with van der Waals surface area (Å²) in [7, 11) is -3.61. The fraction of sp³-hybridized carbons (Fsp3) is 0.250. The number of primary sulfonamides is 1. The lowest BCUT2D eigenvalue weighted by Crippen LogP contribution is -2.21. The maximum atomic E-state index is 10.6. The summed E-state index contributed by atoms with van der Waals surface area (Å²) >= 11 is 5.71. The van der Waals surface area contributed by atoms with Gasteiger partial charge < -0.3 is 4.74 Å². The van der Waals surface area contributed by atoms with Gasteiger partial charge in [-0.3, -0.25) is 10.1 Å². The molecule has 0 aliphatic heterocycles. The van der Waals surface area contributed by atoms with E-state index in [0.717, 1.165) is 6.07 Å². The second-order valence-corrected chi connectivity index (χ2v) is 5.23. The van der Waals surface area contributed by atoms with Crippen molar-refractivity contribution in [1.29, 1.82) is 0 Å². The summed E-state index contributed by atoms with van der Waals surface area (Å²) in [6, 6.07) is 3.62. The summed E-state index contributed by atoms with van der Waals surface area (Å²) < 4.78 is 26.3. The molecule has 0 spiro atoms. The van der Waals surface area contributed by atoms with Gasteiger partial charge in [0, 0.05) is 12.1 Å². The normalized spacial score (nSPS) is 11.2. The highest BCUT2D eigenvalue weighted by atomic mass is 35.5. The Morgan fingerprint density at radius 2 is 2.12 bits per heavy atom. The quantitative estimate of drug-likeness (QED) is 0.636. The van der Waals surface area contributed by atoms with Crippen LogP contribution in [0.2, 0.25) is 5.02 Å². The minimum atomic E-state index is -3.61. The standard InChI is InChI=1S/C8H9ClN2O5S/c9-7-5-6(11(12)13)1-2-8(7)16-3-4-17(10,14)15/h1-2,5H,3-4H2,(H2,10,14,15). The van der Waals surface area contributed by atoms with Crippen molar-refractivity contribution in [2.75, 3.05) is 12.4 Å². The Balaban J connectivity index is 2.70. The monoisotopic (exact) mass is 280 g/mol. The van der Waals surface area contributed by atoms with Crippen LogP contribution in [0.3, 0.4) is 0 Å². The summed E-state index contributed by atoms with van der Waals surface area (Å²) in [5.41, 5.74) is -0.172. The molecule has 0 heterocycles. The third-order valence-corrected chi connectivity index (χ3v) is 2.78. The van der Waals surface area contributed by atoms with Crippen molar-refractivity contribution < 1.29 is 18.1 Å². The topological polar surface area (TPSA) is 113 Å². The van der Waals surface area contributed by atoms with Crippen LogP contribution in [0.15, 0.2) is 18.2 Å². The van der Waals surface area contributed by atoms with E-state index in [1.165, 1.54) is 12.1 Å². The first-order valence-electron chi connectivity index (χ1n) is 4.37. The van der Waals surface area contributed by atoms with Crippen LogP contribution in [0.5, 0.6) is 5.75 Å². The van der Waals surface area contributed by atoms with Crippen LogP contribution in [0.25, 0.3) is 0 Å². The second kappa shape index (κ2) is 5.30. The van der Waals surface area contributed by atoms with Gasteiger partial charge in [-0.05, 0) is 6.07 Å². The molecular formula is C8H9ClN2O5S. The Hall–Kier alpha value is -1.38. The highest BCUT2D eigenvalue weighted by Crippen LogP contribution is 2.28. The van der Waals surface area contributed by atoms with Crippen LogP contribution in [0.4, 0.5) is 5.69 Å². The van der Waals surface area contributed by atoms with Gasteiger partial charge in [0.2, 0.25) is 10.0 Å². The molecule has 0 unspecified atom stereocenters. The van der Waals surface area contributed by atoms with E-state index in [-0.39, 0.29) is 28.8 Å². The molecule has 0 saturated carbocycles. The van der Waals surface area contributed by atoms with Gasteiger partial charge in [-0.2, -0.15) is 0 Å². The Bertz CT molecular complexity index is 531. The molecule has 94 valence electrons. The molecular weight excluding hydrogens is 272 g/mol. The number of benzene rings is 1. The number of non-ortho nitro benzene ring substituents is 1. The van der Waals surface area contributed by atoms with E-state index in [2.05, 4.69) is 0 Å². The summed E-state index contributed by atoms with van der Waals surface area (Å²) in [4.78, 5) is 9.82. The summed E-state index contributed by atoms with van der Waals surface area (Å²) in [6.45, 7) is -0.170. The molecule has 17 heavy (non-hydrogen) atoms. The van der Waals surface area contributed by atoms with Crippen LogP contribution >= 0.6 is 11.6 Å². The third-order valence-electron chi connectivity index (χ3n) is 1.75. The van der Waals surface area contributed by atoms with Crippen molar-refractivity contribution in [2.45, 2.75) is 0 Å². The van der Waals surface area contributed by atoms with Gasteiger partial charge in [-0.25, -0.2) is 13.6 Å². The van der Waals surface area contributed by atoms with E-state index in [0.29, 0.717) is 0 Å². The summed E-state index contributed by atoms with van der Waals surface area (Å²) in [5, 5.41) is 15.2. The highest BCUT2D eigenvalue weighted by molar-refractivity contribution is 7.89. The zero-order chi connectivity index (χ0) is 13.1. The Kier molecular flexibility index (Phi) is 4.27. The molecule has 0 amide bonds. The van der Waals surface area contributed by atoms with E-state index in [1.54, 1.807) is 0 Å². The Morgan fingerprint density at radius 1 is 1.47 bits per heavy atom. The molecule has 2 N–H and O–H groups in total. The minimum Gasteiger partial charge on any atom is -0.491 e. The predicted molar refractivity (Wildman–Crippen MR) is 61.6 cm³/mol. The molecule has 0 radical (unpaired) electrons. The molecule has 0 aromatic heterocycles. The van der Waals surface area contributed by atoms with E-state index in [4.69, 9.17) is 21.5 Å². The Morgan fingerprint density at radius 3 is 2.59 bits per heavy atom. The molecule has 0 atom stereocenters. The van der Waals surface area contributed by atoms with Crippen molar-refractivity contribution >= 4 is 27.3 Å². The van der Waals surface area contributed by atoms with Crippen molar-refractivity contribution in [3.8, 4) is 5.75 Å². The maximum absolute atomic E-state index is 10.6. The number of nitro benzene ring substituents is 1. The highest BCUT2D eigenvalue weighted by Gasteiger charge is 2.11. The fourth-order valence-electron chi connectivity index (χ4n) is 0.988. The van der Waals surface area contributed by atoms with Gasteiger partial charge >= 0.3 is 0 Å². The molecule has 0 bridgehead atoms. The summed E-state index contributed by atoms with van der Waals surface area (Å²) in [5.74, 6) is -0.193. The fourth-order valence-corrected chi connectivity index (χ4v) is 1.53. The molecule has 9 heteroatoms. The third kappa shape index (κ3) is 4.55. The SMILES string of the molecule is NS(=O)(=O)CCOc1ccc([N+](=O)[O-])cc1Cl. The van der Waals surface area contributed by atoms with Crippen LogP contribution in [0, 0.1) is 10.1 Å². The van der Waals surface area contributed by atoms with E-state index < -0.39 is 14.9 Å². The van der Waals surface area contributed by atoms with Gasteiger partial charge in [-0.15, -0.1) is 0 Å². The van der Waals surface area contributed by atoms with Crippen molar-refractivity contribution in [2.24, 2.45) is 5.14 Å². The van der Waals surface area contributed by atoms with Crippen LogP contribution in [-0.4, -0.2) is 25.7 Å². The van der Waals surface area contributed by atoms with E-state index in [1.807, 2.05) is 0 Å². The predicted octanol–water partition coefficient (Wildman–Crippen LogP) is 0.915. The second-order valence-electron chi connectivity index (χ2n) is 3.09. The largest absolute Gasteiger partial charge is 0.491 e. The first kappa shape index (κ1) is 13.7. The molecule has 7 nitrogen and oxygen atoms in total. The van der Waals surface area contributed by atoms with Gasteiger partial charge in [0.25, 0.3) is 5.69 Å². The van der Waals surface area contributed by atoms with E-state index in [9.17, 15) is 18.5 Å². The molecule has 0 fully saturated rings. The van der Waals surface area contributed by atoms with Gasteiger partial charge in [0.1, 0.15) is 12.4 Å². The van der Waals surface area contributed by atoms with E-state index >= 15 is 0 Å². The number of rotatable bonds is 5. The lowest BCUT2D eigenvalue weighted by molar-refractivity contribution is -0.384.